The molecule has 35 heavy (non-hydrogen) atoms. The molecule has 4 aromatic heterocycles. The SMILES string of the molecule is CNc1cc(F)cc2c1[nH]c1nc(Oc3cncc(-c4nn[nH]n4)c3)nc(N3CC4C(N)C4C3)c12. The normalized spacial score (nSPS) is 21.0. The second-order valence-corrected chi connectivity index (χ2v) is 8.86. The Kier molecular flexibility index (Phi) is 4.18. The van der Waals surface area contributed by atoms with E-state index in [2.05, 4.69) is 45.8 Å². The maximum Gasteiger partial charge on any atom is 0.326 e. The summed E-state index contributed by atoms with van der Waals surface area (Å²) in [6.45, 7) is 1.57. The summed E-state index contributed by atoms with van der Waals surface area (Å²) in [6, 6.07) is 5.05. The van der Waals surface area contributed by atoms with Crippen molar-refractivity contribution in [2.45, 2.75) is 6.04 Å². The summed E-state index contributed by atoms with van der Waals surface area (Å²) in [7, 11) is 1.75. The van der Waals surface area contributed by atoms with E-state index in [-0.39, 0.29) is 17.9 Å². The number of halogens is 1. The topological polar surface area (TPSA) is 159 Å². The van der Waals surface area contributed by atoms with E-state index < -0.39 is 0 Å². The summed E-state index contributed by atoms with van der Waals surface area (Å²) in [4.78, 5) is 19.1. The van der Waals surface area contributed by atoms with Crippen LogP contribution in [0.4, 0.5) is 15.9 Å². The van der Waals surface area contributed by atoms with Crippen molar-refractivity contribution in [3.8, 4) is 23.1 Å². The number of aromatic amines is 2. The highest BCUT2D eigenvalue weighted by Crippen LogP contribution is 2.47. The van der Waals surface area contributed by atoms with E-state index in [1.54, 1.807) is 25.5 Å². The van der Waals surface area contributed by atoms with Crippen LogP contribution in [-0.4, -0.2) is 66.7 Å². The first kappa shape index (κ1) is 20.0. The monoisotopic (exact) mass is 473 g/mol. The van der Waals surface area contributed by atoms with E-state index in [9.17, 15) is 4.39 Å². The quantitative estimate of drug-likeness (QED) is 0.297. The molecular weight excluding hydrogens is 453 g/mol. The van der Waals surface area contributed by atoms with Crippen molar-refractivity contribution in [3.05, 3.63) is 36.4 Å². The lowest BCUT2D eigenvalue weighted by Crippen LogP contribution is -2.29. The number of aromatic nitrogens is 8. The Morgan fingerprint density at radius 3 is 2.80 bits per heavy atom. The molecule has 5 heterocycles. The van der Waals surface area contributed by atoms with Gasteiger partial charge >= 0.3 is 6.01 Å². The van der Waals surface area contributed by atoms with Gasteiger partial charge in [0.05, 0.1) is 22.8 Å². The molecule has 12 nitrogen and oxygen atoms in total. The molecule has 1 saturated heterocycles. The molecule has 0 bridgehead atoms. The highest BCUT2D eigenvalue weighted by Gasteiger charge is 2.54. The number of pyridine rings is 1. The van der Waals surface area contributed by atoms with Crippen LogP contribution in [0.2, 0.25) is 0 Å². The van der Waals surface area contributed by atoms with Gasteiger partial charge in [0.1, 0.15) is 23.0 Å². The lowest BCUT2D eigenvalue weighted by molar-refractivity contribution is 0.442. The molecule has 0 amide bonds. The number of piperidine rings is 1. The average Bonchev–Trinajstić information content (AvgIpc) is 3.39. The molecule has 1 aliphatic heterocycles. The van der Waals surface area contributed by atoms with Gasteiger partial charge in [-0.1, -0.05) is 0 Å². The predicted molar refractivity (Wildman–Crippen MR) is 126 cm³/mol. The number of ether oxygens (including phenoxy) is 1. The second kappa shape index (κ2) is 7.30. The van der Waals surface area contributed by atoms with Crippen molar-refractivity contribution in [3.63, 3.8) is 0 Å². The van der Waals surface area contributed by atoms with Crippen LogP contribution in [0.15, 0.2) is 30.6 Å². The average molecular weight is 473 g/mol. The van der Waals surface area contributed by atoms with Crippen LogP contribution >= 0.6 is 0 Å². The van der Waals surface area contributed by atoms with E-state index >= 15 is 0 Å². The number of hydrogen-bond acceptors (Lipinski definition) is 10. The molecule has 5 aromatic rings. The van der Waals surface area contributed by atoms with Crippen molar-refractivity contribution in [1.82, 2.24) is 40.6 Å². The fourth-order valence-corrected chi connectivity index (χ4v) is 5.03. The number of anilines is 2. The first-order valence-electron chi connectivity index (χ1n) is 11.2. The summed E-state index contributed by atoms with van der Waals surface area (Å²) < 4.78 is 20.5. The summed E-state index contributed by atoms with van der Waals surface area (Å²) in [6.07, 6.45) is 3.17. The van der Waals surface area contributed by atoms with Gasteiger partial charge in [-0.25, -0.2) is 4.39 Å². The van der Waals surface area contributed by atoms with Gasteiger partial charge in [0, 0.05) is 43.3 Å². The van der Waals surface area contributed by atoms with E-state index in [0.29, 0.717) is 51.5 Å². The summed E-state index contributed by atoms with van der Waals surface area (Å²) in [5, 5.41) is 18.4. The van der Waals surface area contributed by atoms with Crippen LogP contribution in [0.3, 0.4) is 0 Å². The van der Waals surface area contributed by atoms with Gasteiger partial charge in [0.15, 0.2) is 0 Å². The zero-order valence-electron chi connectivity index (χ0n) is 18.5. The number of nitrogens with zero attached hydrogens (tertiary/aromatic N) is 7. The molecule has 2 aliphatic rings. The standard InChI is InChI=1S/C22H20FN11O/c1-25-15-4-10(23)3-12-16-20(27-18(12)15)28-22(29-21(16)34-7-13-14(8-34)17(13)24)35-11-2-9(5-26-6-11)19-30-32-33-31-19/h2-6,13-14,17,25H,7-8,24H2,1H3,(H,27,28,29)(H,30,31,32,33). The molecule has 5 N–H and O–H groups in total. The molecule has 2 atom stereocenters. The molecular formula is C22H20FN11O. The molecule has 176 valence electrons. The highest BCUT2D eigenvalue weighted by molar-refractivity contribution is 6.14. The molecule has 13 heteroatoms. The van der Waals surface area contributed by atoms with E-state index in [1.807, 2.05) is 0 Å². The van der Waals surface area contributed by atoms with Gasteiger partial charge in [-0.05, 0) is 35.2 Å². The van der Waals surface area contributed by atoms with Gasteiger partial charge in [-0.15, -0.1) is 10.2 Å². The maximum atomic E-state index is 14.5. The third-order valence-corrected chi connectivity index (χ3v) is 6.84. The van der Waals surface area contributed by atoms with Gasteiger partial charge in [-0.2, -0.15) is 15.2 Å². The molecule has 1 aliphatic carbocycles. The van der Waals surface area contributed by atoms with Crippen molar-refractivity contribution < 1.29 is 9.13 Å². The minimum absolute atomic E-state index is 0.141. The summed E-state index contributed by atoms with van der Waals surface area (Å²) >= 11 is 0. The third-order valence-electron chi connectivity index (χ3n) is 6.84. The molecule has 0 radical (unpaired) electrons. The molecule has 1 aromatic carbocycles. The van der Waals surface area contributed by atoms with Crippen LogP contribution in [0.1, 0.15) is 0 Å². The van der Waals surface area contributed by atoms with Gasteiger partial charge in [0.2, 0.25) is 5.82 Å². The fourth-order valence-electron chi connectivity index (χ4n) is 5.03. The zero-order chi connectivity index (χ0) is 23.7. The van der Waals surface area contributed by atoms with Crippen LogP contribution < -0.4 is 20.7 Å². The minimum atomic E-state index is -0.343. The molecule has 0 spiro atoms. The highest BCUT2D eigenvalue weighted by atomic mass is 19.1. The second-order valence-electron chi connectivity index (χ2n) is 8.86. The molecule has 2 fully saturated rings. The number of tetrazole rings is 1. The lowest BCUT2D eigenvalue weighted by atomic mass is 10.1. The maximum absolute atomic E-state index is 14.5. The van der Waals surface area contributed by atoms with Crippen LogP contribution in [0.25, 0.3) is 33.3 Å². The number of nitrogens with one attached hydrogen (secondary N) is 3. The van der Waals surface area contributed by atoms with Crippen LogP contribution in [0.5, 0.6) is 11.8 Å². The molecule has 1 saturated carbocycles. The number of H-pyrrole nitrogens is 2. The largest absolute Gasteiger partial charge is 0.423 e. The minimum Gasteiger partial charge on any atom is -0.423 e. The van der Waals surface area contributed by atoms with Crippen molar-refractivity contribution >= 4 is 33.4 Å². The summed E-state index contributed by atoms with van der Waals surface area (Å²) in [5.41, 5.74) is 8.73. The number of benzene rings is 1. The number of fused-ring (bicyclic) bond motifs is 4. The first-order chi connectivity index (χ1) is 17.1. The lowest BCUT2D eigenvalue weighted by Gasteiger charge is -2.21. The molecule has 2 unspecified atom stereocenters. The third kappa shape index (κ3) is 3.15. The number of nitrogens with two attached hydrogens (primary N) is 1. The Morgan fingerprint density at radius 1 is 1.17 bits per heavy atom. The van der Waals surface area contributed by atoms with Crippen LogP contribution in [-0.2, 0) is 0 Å². The van der Waals surface area contributed by atoms with Crippen molar-refractivity contribution in [1.29, 1.82) is 0 Å². The van der Waals surface area contributed by atoms with E-state index in [1.165, 1.54) is 12.1 Å². The van der Waals surface area contributed by atoms with E-state index in [4.69, 9.17) is 15.5 Å². The predicted octanol–water partition coefficient (Wildman–Crippen LogP) is 2.05. The van der Waals surface area contributed by atoms with Gasteiger partial charge in [-0.3, -0.25) is 4.98 Å². The molecule has 7 rings (SSSR count). The van der Waals surface area contributed by atoms with Gasteiger partial charge in [0.25, 0.3) is 0 Å². The Hall–Kier alpha value is -4.39. The van der Waals surface area contributed by atoms with E-state index in [0.717, 1.165) is 24.0 Å². The summed E-state index contributed by atoms with van der Waals surface area (Å²) in [5.74, 6) is 2.03. The Bertz CT molecular complexity index is 1570. The van der Waals surface area contributed by atoms with Crippen molar-refractivity contribution in [2.24, 2.45) is 17.6 Å². The fraction of sp³-hybridized carbons (Fsp3) is 0.273. The number of rotatable bonds is 5. The Labute approximate surface area is 197 Å². The first-order valence-corrected chi connectivity index (χ1v) is 11.2. The van der Waals surface area contributed by atoms with Crippen LogP contribution in [0, 0.1) is 17.7 Å². The zero-order valence-corrected chi connectivity index (χ0v) is 18.5. The Balaban J connectivity index is 1.36. The van der Waals surface area contributed by atoms with Crippen molar-refractivity contribution in [2.75, 3.05) is 30.4 Å². The smallest absolute Gasteiger partial charge is 0.326 e. The Morgan fingerprint density at radius 2 is 2.03 bits per heavy atom. The number of hydrogen-bond donors (Lipinski definition) is 4. The van der Waals surface area contributed by atoms with Gasteiger partial charge < -0.3 is 25.7 Å².